The SMILES string of the molecule is CCN(C)CCNC(=O)C1C(C(=O)O)[C@H]2C=C[C@@H]1O2. The summed E-state index contributed by atoms with van der Waals surface area (Å²) < 4.78 is 5.47. The lowest BCUT2D eigenvalue weighted by Gasteiger charge is -2.21. The zero-order valence-corrected chi connectivity index (χ0v) is 11.2. The monoisotopic (exact) mass is 268 g/mol. The summed E-state index contributed by atoms with van der Waals surface area (Å²) in [7, 11) is 1.97. The third kappa shape index (κ3) is 2.79. The van der Waals surface area contributed by atoms with Crippen LogP contribution in [0.15, 0.2) is 12.2 Å². The Kier molecular flexibility index (Phi) is 4.21. The smallest absolute Gasteiger partial charge is 0.310 e. The van der Waals surface area contributed by atoms with Crippen LogP contribution in [0.5, 0.6) is 0 Å². The van der Waals surface area contributed by atoms with Crippen LogP contribution in [0.25, 0.3) is 0 Å². The number of carbonyl (C=O) groups excluding carboxylic acids is 1. The lowest BCUT2D eigenvalue weighted by molar-refractivity contribution is -0.146. The number of carboxylic acid groups (broad SMARTS) is 1. The summed E-state index contributed by atoms with van der Waals surface area (Å²) in [6.07, 6.45) is 2.66. The third-order valence-corrected chi connectivity index (χ3v) is 3.82. The van der Waals surface area contributed by atoms with E-state index in [-0.39, 0.29) is 5.91 Å². The van der Waals surface area contributed by atoms with E-state index in [1.165, 1.54) is 0 Å². The number of aliphatic carboxylic acids is 1. The number of amides is 1. The molecule has 6 nitrogen and oxygen atoms in total. The van der Waals surface area contributed by atoms with Crippen LogP contribution < -0.4 is 5.32 Å². The first-order chi connectivity index (χ1) is 9.04. The van der Waals surface area contributed by atoms with Crippen LogP contribution in [0.2, 0.25) is 0 Å². The van der Waals surface area contributed by atoms with E-state index in [0.717, 1.165) is 13.1 Å². The molecule has 106 valence electrons. The first kappa shape index (κ1) is 14.0. The molecule has 2 N–H and O–H groups in total. The summed E-state index contributed by atoms with van der Waals surface area (Å²) in [6.45, 7) is 4.22. The molecule has 0 aromatic heterocycles. The average molecular weight is 268 g/mol. The van der Waals surface area contributed by atoms with Crippen molar-refractivity contribution in [2.45, 2.75) is 19.1 Å². The van der Waals surface area contributed by atoms with Crippen molar-refractivity contribution in [2.24, 2.45) is 11.8 Å². The molecule has 0 saturated carbocycles. The maximum Gasteiger partial charge on any atom is 0.310 e. The van der Waals surface area contributed by atoms with Crippen molar-refractivity contribution < 1.29 is 19.4 Å². The molecule has 0 spiro atoms. The predicted octanol–water partition coefficient (Wildman–Crippen LogP) is -0.291. The number of ether oxygens (including phenoxy) is 1. The van der Waals surface area contributed by atoms with Gasteiger partial charge in [-0.1, -0.05) is 19.1 Å². The van der Waals surface area contributed by atoms with Gasteiger partial charge in [-0.15, -0.1) is 0 Å². The van der Waals surface area contributed by atoms with Gasteiger partial charge in [0.25, 0.3) is 0 Å². The average Bonchev–Trinajstić information content (AvgIpc) is 2.98. The molecule has 2 heterocycles. The van der Waals surface area contributed by atoms with Crippen LogP contribution in [0.4, 0.5) is 0 Å². The van der Waals surface area contributed by atoms with Crippen molar-refractivity contribution in [1.82, 2.24) is 10.2 Å². The van der Waals surface area contributed by atoms with Gasteiger partial charge in [0.05, 0.1) is 18.1 Å². The molecule has 2 unspecified atom stereocenters. The highest BCUT2D eigenvalue weighted by molar-refractivity contribution is 5.87. The molecule has 6 heteroatoms. The second-order valence-electron chi connectivity index (χ2n) is 5.03. The minimum Gasteiger partial charge on any atom is -0.481 e. The fourth-order valence-corrected chi connectivity index (χ4v) is 2.56. The van der Waals surface area contributed by atoms with E-state index in [0.29, 0.717) is 6.54 Å². The molecule has 2 bridgehead atoms. The van der Waals surface area contributed by atoms with E-state index in [9.17, 15) is 14.7 Å². The molecule has 0 aliphatic carbocycles. The second kappa shape index (κ2) is 5.71. The number of fused-ring (bicyclic) bond motifs is 2. The lowest BCUT2D eigenvalue weighted by atomic mass is 9.82. The predicted molar refractivity (Wildman–Crippen MR) is 68.6 cm³/mol. The van der Waals surface area contributed by atoms with Crippen molar-refractivity contribution in [3.63, 3.8) is 0 Å². The van der Waals surface area contributed by atoms with E-state index in [1.807, 2.05) is 14.0 Å². The van der Waals surface area contributed by atoms with Gasteiger partial charge in [0, 0.05) is 13.1 Å². The number of rotatable bonds is 6. The fourth-order valence-electron chi connectivity index (χ4n) is 2.56. The Morgan fingerprint density at radius 2 is 1.95 bits per heavy atom. The van der Waals surface area contributed by atoms with Gasteiger partial charge >= 0.3 is 5.97 Å². The van der Waals surface area contributed by atoms with Crippen LogP contribution in [-0.4, -0.2) is 60.8 Å². The largest absolute Gasteiger partial charge is 0.481 e. The molecule has 2 aliphatic heterocycles. The van der Waals surface area contributed by atoms with Gasteiger partial charge in [0.15, 0.2) is 0 Å². The first-order valence-corrected chi connectivity index (χ1v) is 6.57. The Hall–Kier alpha value is -1.40. The molecule has 1 amide bonds. The van der Waals surface area contributed by atoms with E-state index in [1.54, 1.807) is 12.2 Å². The van der Waals surface area contributed by atoms with Crippen molar-refractivity contribution >= 4 is 11.9 Å². The number of hydrogen-bond acceptors (Lipinski definition) is 4. The third-order valence-electron chi connectivity index (χ3n) is 3.82. The summed E-state index contributed by atoms with van der Waals surface area (Å²) in [6, 6.07) is 0. The second-order valence-corrected chi connectivity index (χ2v) is 5.03. The topological polar surface area (TPSA) is 78.9 Å². The van der Waals surface area contributed by atoms with Gasteiger partial charge in [0.2, 0.25) is 5.91 Å². The molecule has 19 heavy (non-hydrogen) atoms. The summed E-state index contributed by atoms with van der Waals surface area (Å²) in [4.78, 5) is 25.4. The first-order valence-electron chi connectivity index (χ1n) is 6.57. The molecule has 1 saturated heterocycles. The number of nitrogens with one attached hydrogen (secondary N) is 1. The lowest BCUT2D eigenvalue weighted by Crippen LogP contribution is -2.44. The summed E-state index contributed by atoms with van der Waals surface area (Å²) in [5.74, 6) is -2.57. The van der Waals surface area contributed by atoms with E-state index in [2.05, 4.69) is 10.2 Å². The highest BCUT2D eigenvalue weighted by Crippen LogP contribution is 2.39. The number of carboxylic acids is 1. The number of carbonyl (C=O) groups is 2. The van der Waals surface area contributed by atoms with Gasteiger partial charge in [-0.3, -0.25) is 9.59 Å². The van der Waals surface area contributed by atoms with Gasteiger partial charge in [0.1, 0.15) is 5.92 Å². The van der Waals surface area contributed by atoms with E-state index >= 15 is 0 Å². The zero-order chi connectivity index (χ0) is 14.0. The summed E-state index contributed by atoms with van der Waals surface area (Å²) in [5.41, 5.74) is 0. The molecule has 0 aromatic carbocycles. The fraction of sp³-hybridized carbons (Fsp3) is 0.692. The molecule has 1 fully saturated rings. The molecule has 2 aliphatic rings. The minimum absolute atomic E-state index is 0.228. The Balaban J connectivity index is 1.91. The molecule has 2 rings (SSSR count). The number of likely N-dealkylation sites (N-methyl/N-ethyl adjacent to an activating group) is 1. The Morgan fingerprint density at radius 1 is 1.32 bits per heavy atom. The normalized spacial score (nSPS) is 31.9. The Bertz CT molecular complexity index is 396. The highest BCUT2D eigenvalue weighted by atomic mass is 16.5. The maximum absolute atomic E-state index is 12.1. The summed E-state index contributed by atoms with van der Waals surface area (Å²) in [5, 5.41) is 12.0. The van der Waals surface area contributed by atoms with Gasteiger partial charge in [-0.2, -0.15) is 0 Å². The van der Waals surface area contributed by atoms with E-state index in [4.69, 9.17) is 4.74 Å². The number of hydrogen-bond donors (Lipinski definition) is 2. The molecule has 0 aromatic rings. The zero-order valence-electron chi connectivity index (χ0n) is 11.2. The Morgan fingerprint density at radius 3 is 2.53 bits per heavy atom. The van der Waals surface area contributed by atoms with Crippen molar-refractivity contribution in [1.29, 1.82) is 0 Å². The summed E-state index contributed by atoms with van der Waals surface area (Å²) >= 11 is 0. The quantitative estimate of drug-likeness (QED) is 0.647. The van der Waals surface area contributed by atoms with Crippen LogP contribution in [0, 0.1) is 11.8 Å². The molecule has 4 atom stereocenters. The molecular formula is C13H20N2O4. The van der Waals surface area contributed by atoms with Crippen molar-refractivity contribution in [3.05, 3.63) is 12.2 Å². The molecular weight excluding hydrogens is 248 g/mol. The Labute approximate surface area is 112 Å². The van der Waals surface area contributed by atoms with Crippen LogP contribution in [-0.2, 0) is 14.3 Å². The van der Waals surface area contributed by atoms with Gasteiger partial charge < -0.3 is 20.1 Å². The number of nitrogens with zero attached hydrogens (tertiary/aromatic N) is 1. The van der Waals surface area contributed by atoms with Crippen molar-refractivity contribution in [3.8, 4) is 0 Å². The van der Waals surface area contributed by atoms with Crippen LogP contribution in [0.1, 0.15) is 6.92 Å². The highest BCUT2D eigenvalue weighted by Gasteiger charge is 2.53. The molecule has 0 radical (unpaired) electrons. The minimum atomic E-state index is -0.970. The van der Waals surface area contributed by atoms with Crippen molar-refractivity contribution in [2.75, 3.05) is 26.7 Å². The van der Waals surface area contributed by atoms with Crippen LogP contribution >= 0.6 is 0 Å². The van der Waals surface area contributed by atoms with Gasteiger partial charge in [-0.05, 0) is 13.6 Å². The van der Waals surface area contributed by atoms with Gasteiger partial charge in [-0.25, -0.2) is 0 Å². The van der Waals surface area contributed by atoms with E-state index < -0.39 is 30.0 Å². The standard InChI is InChI=1S/C13H20N2O4/c1-3-15(2)7-6-14-12(16)10-8-4-5-9(19-8)11(10)13(17)18/h4-5,8-11H,3,6-7H2,1-2H3,(H,14,16)(H,17,18)/t8-,9+,10?,11?/m0/s1. The maximum atomic E-state index is 12.1. The van der Waals surface area contributed by atoms with Crippen LogP contribution in [0.3, 0.4) is 0 Å².